The second-order valence-electron chi connectivity index (χ2n) is 5.19. The van der Waals surface area contributed by atoms with Crippen molar-refractivity contribution in [2.75, 3.05) is 6.54 Å². The second-order valence-corrected chi connectivity index (χ2v) is 5.19. The fourth-order valence-electron chi connectivity index (χ4n) is 2.16. The van der Waals surface area contributed by atoms with Crippen LogP contribution in [0.1, 0.15) is 17.9 Å². The summed E-state index contributed by atoms with van der Waals surface area (Å²) in [6.45, 7) is 0.577. The molecule has 3 aromatic rings. The van der Waals surface area contributed by atoms with Crippen LogP contribution < -0.4 is 5.32 Å². The SMILES string of the molecule is O=C(CCc1nc(-c2ccccn2)no1)NCCc1cccnc1. The minimum Gasteiger partial charge on any atom is -0.356 e. The zero-order valence-electron chi connectivity index (χ0n) is 13.1. The Morgan fingerprint density at radius 2 is 2.08 bits per heavy atom. The fraction of sp³-hybridized carbons (Fsp3) is 0.235. The molecule has 0 unspecified atom stereocenters. The lowest BCUT2D eigenvalue weighted by atomic mass is 10.2. The quantitative estimate of drug-likeness (QED) is 0.713. The summed E-state index contributed by atoms with van der Waals surface area (Å²) in [6, 6.07) is 9.34. The highest BCUT2D eigenvalue weighted by molar-refractivity contribution is 5.76. The molecule has 1 N–H and O–H groups in total. The molecule has 0 bridgehead atoms. The zero-order valence-corrected chi connectivity index (χ0v) is 13.1. The number of pyridine rings is 2. The molecule has 0 saturated heterocycles. The van der Waals surface area contributed by atoms with Gasteiger partial charge in [-0.05, 0) is 30.2 Å². The van der Waals surface area contributed by atoms with Crippen LogP contribution in [-0.2, 0) is 17.6 Å². The Balaban J connectivity index is 1.42. The van der Waals surface area contributed by atoms with Crippen LogP contribution in [0.25, 0.3) is 11.5 Å². The molecule has 7 nitrogen and oxygen atoms in total. The van der Waals surface area contributed by atoms with Gasteiger partial charge in [-0.1, -0.05) is 17.3 Å². The third kappa shape index (κ3) is 4.45. The summed E-state index contributed by atoms with van der Waals surface area (Å²) in [5.41, 5.74) is 1.74. The van der Waals surface area contributed by atoms with E-state index in [1.807, 2.05) is 24.3 Å². The van der Waals surface area contributed by atoms with Gasteiger partial charge >= 0.3 is 0 Å². The number of hydrogen-bond donors (Lipinski definition) is 1. The minimum atomic E-state index is -0.0449. The first kappa shape index (κ1) is 15.8. The zero-order chi connectivity index (χ0) is 16.6. The van der Waals surface area contributed by atoms with Crippen molar-refractivity contribution in [1.82, 2.24) is 25.4 Å². The molecule has 3 aromatic heterocycles. The minimum absolute atomic E-state index is 0.0449. The van der Waals surface area contributed by atoms with Crippen molar-refractivity contribution in [2.45, 2.75) is 19.3 Å². The maximum Gasteiger partial charge on any atom is 0.227 e. The van der Waals surface area contributed by atoms with Gasteiger partial charge in [0.2, 0.25) is 17.6 Å². The van der Waals surface area contributed by atoms with Gasteiger partial charge in [-0.3, -0.25) is 14.8 Å². The van der Waals surface area contributed by atoms with Crippen LogP contribution in [-0.4, -0.2) is 32.6 Å². The van der Waals surface area contributed by atoms with E-state index in [1.165, 1.54) is 0 Å². The van der Waals surface area contributed by atoms with Crippen LogP contribution in [0.5, 0.6) is 0 Å². The van der Waals surface area contributed by atoms with Crippen molar-refractivity contribution in [3.05, 3.63) is 60.4 Å². The average molecular weight is 323 g/mol. The summed E-state index contributed by atoms with van der Waals surface area (Å²) in [5.74, 6) is 0.817. The van der Waals surface area contributed by atoms with E-state index in [9.17, 15) is 4.79 Å². The van der Waals surface area contributed by atoms with Crippen molar-refractivity contribution >= 4 is 5.91 Å². The van der Waals surface area contributed by atoms with E-state index >= 15 is 0 Å². The van der Waals surface area contributed by atoms with E-state index in [2.05, 4.69) is 25.4 Å². The van der Waals surface area contributed by atoms with Crippen molar-refractivity contribution in [1.29, 1.82) is 0 Å². The van der Waals surface area contributed by atoms with Crippen LogP contribution in [0.2, 0.25) is 0 Å². The molecule has 0 spiro atoms. The molecule has 7 heteroatoms. The van der Waals surface area contributed by atoms with E-state index in [1.54, 1.807) is 24.7 Å². The highest BCUT2D eigenvalue weighted by Gasteiger charge is 2.11. The first-order valence-electron chi connectivity index (χ1n) is 7.71. The van der Waals surface area contributed by atoms with Crippen LogP contribution in [0.3, 0.4) is 0 Å². The Bertz CT molecular complexity index is 774. The van der Waals surface area contributed by atoms with Gasteiger partial charge < -0.3 is 9.84 Å². The van der Waals surface area contributed by atoms with Gasteiger partial charge in [0.15, 0.2) is 0 Å². The number of aromatic nitrogens is 4. The second kappa shape index (κ2) is 7.96. The molecule has 0 aliphatic rings. The third-order valence-electron chi connectivity index (χ3n) is 3.39. The van der Waals surface area contributed by atoms with Gasteiger partial charge in [-0.25, -0.2) is 0 Å². The Hall–Kier alpha value is -3.09. The molecule has 0 aromatic carbocycles. The van der Waals surface area contributed by atoms with Crippen molar-refractivity contribution in [2.24, 2.45) is 0 Å². The first-order chi connectivity index (χ1) is 11.8. The van der Waals surface area contributed by atoms with Gasteiger partial charge in [0.1, 0.15) is 5.69 Å². The standard InChI is InChI=1S/C17H17N5O2/c23-15(20-11-8-13-4-3-9-18-12-13)6-7-16-21-17(22-24-16)14-5-1-2-10-19-14/h1-5,9-10,12H,6-8,11H2,(H,20,23). The molecular formula is C17H17N5O2. The van der Waals surface area contributed by atoms with Gasteiger partial charge in [-0.2, -0.15) is 4.98 Å². The van der Waals surface area contributed by atoms with E-state index < -0.39 is 0 Å². The van der Waals surface area contributed by atoms with Crippen LogP contribution in [0.15, 0.2) is 53.4 Å². The molecule has 0 saturated carbocycles. The molecule has 0 atom stereocenters. The monoisotopic (exact) mass is 323 g/mol. The van der Waals surface area contributed by atoms with Crippen LogP contribution in [0, 0.1) is 0 Å². The van der Waals surface area contributed by atoms with Gasteiger partial charge in [0, 0.05) is 38.0 Å². The molecule has 0 aliphatic carbocycles. The maximum absolute atomic E-state index is 11.9. The van der Waals surface area contributed by atoms with Crippen molar-refractivity contribution in [3.8, 4) is 11.5 Å². The summed E-state index contributed by atoms with van der Waals surface area (Å²) in [5, 5.41) is 6.75. The molecule has 1 amide bonds. The highest BCUT2D eigenvalue weighted by atomic mass is 16.5. The first-order valence-corrected chi connectivity index (χ1v) is 7.71. The van der Waals surface area contributed by atoms with Gasteiger partial charge in [-0.15, -0.1) is 0 Å². The van der Waals surface area contributed by atoms with Crippen molar-refractivity contribution in [3.63, 3.8) is 0 Å². The largest absolute Gasteiger partial charge is 0.356 e. The Labute approximate surface area is 139 Å². The predicted octanol–water partition coefficient (Wildman–Crippen LogP) is 1.82. The number of hydrogen-bond acceptors (Lipinski definition) is 6. The lowest BCUT2D eigenvalue weighted by molar-refractivity contribution is -0.121. The molecule has 0 aliphatic heterocycles. The maximum atomic E-state index is 11.9. The number of nitrogens with one attached hydrogen (secondary N) is 1. The third-order valence-corrected chi connectivity index (χ3v) is 3.39. The number of aryl methyl sites for hydroxylation is 1. The topological polar surface area (TPSA) is 93.8 Å². The molecule has 122 valence electrons. The molecule has 3 heterocycles. The normalized spacial score (nSPS) is 10.5. The summed E-state index contributed by atoms with van der Waals surface area (Å²) >= 11 is 0. The highest BCUT2D eigenvalue weighted by Crippen LogP contribution is 2.12. The number of rotatable bonds is 7. The number of amides is 1. The molecule has 3 rings (SSSR count). The fourth-order valence-corrected chi connectivity index (χ4v) is 2.16. The van der Waals surface area contributed by atoms with Gasteiger partial charge in [0.05, 0.1) is 0 Å². The van der Waals surface area contributed by atoms with Crippen LogP contribution in [0.4, 0.5) is 0 Å². The molecular weight excluding hydrogens is 306 g/mol. The van der Waals surface area contributed by atoms with E-state index in [4.69, 9.17) is 4.52 Å². The molecule has 0 radical (unpaired) electrons. The lowest BCUT2D eigenvalue weighted by Gasteiger charge is -2.03. The number of carbonyl (C=O) groups excluding carboxylic acids is 1. The summed E-state index contributed by atoms with van der Waals surface area (Å²) in [4.78, 5) is 24.3. The van der Waals surface area contributed by atoms with Crippen molar-refractivity contribution < 1.29 is 9.32 Å². The average Bonchev–Trinajstić information content (AvgIpc) is 3.11. The smallest absolute Gasteiger partial charge is 0.227 e. The Kier molecular flexibility index (Phi) is 5.24. The summed E-state index contributed by atoms with van der Waals surface area (Å²) in [7, 11) is 0. The summed E-state index contributed by atoms with van der Waals surface area (Å²) < 4.78 is 5.15. The lowest BCUT2D eigenvalue weighted by Crippen LogP contribution is -2.25. The Morgan fingerprint density at radius 1 is 1.12 bits per heavy atom. The van der Waals surface area contributed by atoms with E-state index in [0.29, 0.717) is 36.8 Å². The number of carbonyl (C=O) groups is 1. The van der Waals surface area contributed by atoms with Crippen LogP contribution >= 0.6 is 0 Å². The Morgan fingerprint density at radius 3 is 2.88 bits per heavy atom. The molecule has 0 fully saturated rings. The summed E-state index contributed by atoms with van der Waals surface area (Å²) in [6.07, 6.45) is 6.65. The van der Waals surface area contributed by atoms with E-state index in [-0.39, 0.29) is 5.91 Å². The predicted molar refractivity (Wildman–Crippen MR) is 86.8 cm³/mol. The van der Waals surface area contributed by atoms with E-state index in [0.717, 1.165) is 12.0 Å². The van der Waals surface area contributed by atoms with Gasteiger partial charge in [0.25, 0.3) is 0 Å². The molecule has 24 heavy (non-hydrogen) atoms. The number of nitrogens with zero attached hydrogens (tertiary/aromatic N) is 4.